The number of carbonyl (C=O) groups excluding carboxylic acids is 2. The Morgan fingerprint density at radius 2 is 1.63 bits per heavy atom. The number of rotatable bonds is 5. The maximum atomic E-state index is 12.9. The third-order valence-corrected chi connectivity index (χ3v) is 7.06. The van der Waals surface area contributed by atoms with Crippen molar-refractivity contribution in [3.8, 4) is 16.9 Å². The lowest BCUT2D eigenvalue weighted by Crippen LogP contribution is -2.73. The number of aliphatic hydroxyl groups excluding tert-OH is 1. The van der Waals surface area contributed by atoms with Crippen LogP contribution in [0.25, 0.3) is 11.1 Å². The van der Waals surface area contributed by atoms with Crippen molar-refractivity contribution in [1.82, 2.24) is 9.80 Å². The lowest BCUT2D eigenvalue weighted by atomic mass is 9.73. The molecule has 3 aromatic carbocycles. The molecule has 3 aromatic rings. The number of hydrogen-bond acceptors (Lipinski definition) is 4. The van der Waals surface area contributed by atoms with Gasteiger partial charge in [-0.1, -0.05) is 54.1 Å². The Hall–Kier alpha value is -3.84. The summed E-state index contributed by atoms with van der Waals surface area (Å²) in [4.78, 5) is 29.1. The van der Waals surface area contributed by atoms with Gasteiger partial charge >= 0.3 is 6.03 Å². The number of aryl methyl sites for hydroxylation is 1. The summed E-state index contributed by atoms with van der Waals surface area (Å²) in [5, 5.41) is 12.9. The van der Waals surface area contributed by atoms with E-state index < -0.39 is 0 Å². The smallest absolute Gasteiger partial charge is 0.322 e. The summed E-state index contributed by atoms with van der Waals surface area (Å²) in [5.74, 6) is 0.526. The Bertz CT molecular complexity index is 1210. The van der Waals surface area contributed by atoms with Crippen molar-refractivity contribution >= 4 is 17.6 Å². The molecule has 0 radical (unpaired) electrons. The van der Waals surface area contributed by atoms with Crippen molar-refractivity contribution in [2.45, 2.75) is 24.9 Å². The minimum absolute atomic E-state index is 0.00588. The first kappa shape index (κ1) is 22.9. The van der Waals surface area contributed by atoms with Crippen LogP contribution in [0.2, 0.25) is 0 Å². The van der Waals surface area contributed by atoms with Crippen molar-refractivity contribution < 1.29 is 19.4 Å². The fourth-order valence-corrected chi connectivity index (χ4v) is 5.17. The molecule has 0 saturated carbocycles. The van der Waals surface area contributed by atoms with Crippen LogP contribution in [0.5, 0.6) is 5.75 Å². The molecule has 180 valence electrons. The monoisotopic (exact) mass is 471 g/mol. The molecule has 0 aromatic heterocycles. The minimum atomic E-state index is -0.316. The molecule has 2 saturated heterocycles. The zero-order chi connectivity index (χ0) is 24.5. The molecule has 0 bridgehead atoms. The van der Waals surface area contributed by atoms with E-state index in [1.165, 1.54) is 5.56 Å². The number of aliphatic hydroxyl groups is 1. The molecule has 3 atom stereocenters. The maximum absolute atomic E-state index is 12.9. The fraction of sp³-hybridized carbons (Fsp3) is 0.286. The second kappa shape index (κ2) is 9.43. The Kier molecular flexibility index (Phi) is 6.17. The second-order valence-electron chi connectivity index (χ2n) is 9.17. The van der Waals surface area contributed by atoms with Crippen molar-refractivity contribution in [3.63, 3.8) is 0 Å². The molecule has 0 unspecified atom stereocenters. The lowest BCUT2D eigenvalue weighted by Gasteiger charge is -2.58. The predicted octanol–water partition coefficient (Wildman–Crippen LogP) is 3.87. The largest absolute Gasteiger partial charge is 0.497 e. The molecule has 35 heavy (non-hydrogen) atoms. The minimum Gasteiger partial charge on any atom is -0.497 e. The Labute approximate surface area is 204 Å². The van der Waals surface area contributed by atoms with Crippen LogP contribution < -0.4 is 10.1 Å². The van der Waals surface area contributed by atoms with Gasteiger partial charge in [-0.25, -0.2) is 4.79 Å². The number of ether oxygens (including phenoxy) is 1. The van der Waals surface area contributed by atoms with Crippen LogP contribution in [0.4, 0.5) is 10.5 Å². The molecule has 0 spiro atoms. The molecule has 7 nitrogen and oxygen atoms in total. The zero-order valence-electron chi connectivity index (χ0n) is 19.8. The van der Waals surface area contributed by atoms with Gasteiger partial charge in [0.05, 0.1) is 25.8 Å². The number of piperazine rings is 1. The summed E-state index contributed by atoms with van der Waals surface area (Å²) in [6.07, 6.45) is 0. The van der Waals surface area contributed by atoms with E-state index in [2.05, 4.69) is 60.8 Å². The number of methoxy groups -OCH3 is 1. The number of fused-ring (bicyclic) bond motifs is 1. The summed E-state index contributed by atoms with van der Waals surface area (Å²) in [6.45, 7) is 2.36. The third-order valence-electron chi connectivity index (χ3n) is 7.06. The van der Waals surface area contributed by atoms with Crippen molar-refractivity contribution in [3.05, 3.63) is 83.9 Å². The average Bonchev–Trinajstić information content (AvgIpc) is 2.86. The second-order valence-corrected chi connectivity index (χ2v) is 9.17. The van der Waals surface area contributed by atoms with Gasteiger partial charge in [0.2, 0.25) is 5.91 Å². The fourth-order valence-electron chi connectivity index (χ4n) is 5.17. The van der Waals surface area contributed by atoms with E-state index in [-0.39, 0.29) is 43.1 Å². The number of hydrogen-bond donors (Lipinski definition) is 2. The van der Waals surface area contributed by atoms with Gasteiger partial charge < -0.3 is 25.0 Å². The number of urea groups is 1. The standard InChI is InChI=1S/C28H29N3O4/c1-18-3-5-19(6-4-18)20-7-9-21(10-8-20)27-24-15-30(16-26(33)31(24)25(27)17-32)28(34)29-22-11-13-23(35-2)14-12-22/h3-14,24-25,27,32H,15-17H2,1-2H3,(H,29,34)/t24-,25-,27-/m0/s1. The highest BCUT2D eigenvalue weighted by Crippen LogP contribution is 2.43. The molecule has 5 rings (SSSR count). The Morgan fingerprint density at radius 1 is 1.00 bits per heavy atom. The number of anilines is 1. The molecule has 2 aliphatic rings. The zero-order valence-corrected chi connectivity index (χ0v) is 19.8. The van der Waals surface area contributed by atoms with Crippen LogP contribution in [-0.2, 0) is 4.79 Å². The summed E-state index contributed by atoms with van der Waals surface area (Å²) in [6, 6.07) is 23.0. The van der Waals surface area contributed by atoms with Gasteiger partial charge in [-0.3, -0.25) is 4.79 Å². The van der Waals surface area contributed by atoms with E-state index in [0.717, 1.165) is 16.7 Å². The number of nitrogens with one attached hydrogen (secondary N) is 1. The highest BCUT2D eigenvalue weighted by Gasteiger charge is 2.54. The van der Waals surface area contributed by atoms with Gasteiger partial charge in [0.25, 0.3) is 0 Å². The SMILES string of the molecule is COc1ccc(NC(=O)N2CC(=O)N3[C@@H](CO)[C@@H](c4ccc(-c5ccc(C)cc5)cc4)[C@@H]3C2)cc1. The van der Waals surface area contributed by atoms with Gasteiger partial charge in [0.1, 0.15) is 12.3 Å². The van der Waals surface area contributed by atoms with Crippen LogP contribution in [0.3, 0.4) is 0 Å². The molecule has 2 aliphatic heterocycles. The molecule has 0 aliphatic carbocycles. The molecular weight excluding hydrogens is 442 g/mol. The first-order valence-corrected chi connectivity index (χ1v) is 11.8. The Morgan fingerprint density at radius 3 is 2.23 bits per heavy atom. The topological polar surface area (TPSA) is 82.1 Å². The van der Waals surface area contributed by atoms with E-state index in [9.17, 15) is 14.7 Å². The number of carbonyl (C=O) groups is 2. The summed E-state index contributed by atoms with van der Waals surface area (Å²) >= 11 is 0. The predicted molar refractivity (Wildman–Crippen MR) is 134 cm³/mol. The third kappa shape index (κ3) is 4.35. The molecular formula is C28H29N3O4. The normalized spacial score (nSPS) is 21.2. The summed E-state index contributed by atoms with van der Waals surface area (Å²) < 4.78 is 5.16. The van der Waals surface area contributed by atoms with E-state index in [1.54, 1.807) is 41.2 Å². The molecule has 2 fully saturated rings. The van der Waals surface area contributed by atoms with Crippen molar-refractivity contribution in [2.24, 2.45) is 0 Å². The summed E-state index contributed by atoms with van der Waals surface area (Å²) in [7, 11) is 1.59. The van der Waals surface area contributed by atoms with E-state index in [1.807, 2.05) is 0 Å². The van der Waals surface area contributed by atoms with Crippen LogP contribution in [0.1, 0.15) is 17.0 Å². The number of amides is 3. The van der Waals surface area contributed by atoms with Crippen molar-refractivity contribution in [1.29, 1.82) is 0 Å². The first-order valence-electron chi connectivity index (χ1n) is 11.8. The lowest BCUT2D eigenvalue weighted by molar-refractivity contribution is -0.159. The first-order chi connectivity index (χ1) is 17.0. The van der Waals surface area contributed by atoms with E-state index >= 15 is 0 Å². The van der Waals surface area contributed by atoms with Crippen LogP contribution in [0, 0.1) is 6.92 Å². The van der Waals surface area contributed by atoms with E-state index in [0.29, 0.717) is 18.0 Å². The van der Waals surface area contributed by atoms with Gasteiger partial charge in [-0.15, -0.1) is 0 Å². The van der Waals surface area contributed by atoms with Crippen LogP contribution >= 0.6 is 0 Å². The van der Waals surface area contributed by atoms with Gasteiger partial charge in [0.15, 0.2) is 0 Å². The maximum Gasteiger partial charge on any atom is 0.322 e. The van der Waals surface area contributed by atoms with Gasteiger partial charge in [0, 0.05) is 18.2 Å². The Balaban J connectivity index is 1.32. The molecule has 3 amide bonds. The average molecular weight is 472 g/mol. The van der Waals surface area contributed by atoms with Crippen LogP contribution in [-0.4, -0.2) is 65.7 Å². The van der Waals surface area contributed by atoms with E-state index in [4.69, 9.17) is 4.74 Å². The van der Waals surface area contributed by atoms with Crippen molar-refractivity contribution in [2.75, 3.05) is 32.1 Å². The van der Waals surface area contributed by atoms with Crippen LogP contribution in [0.15, 0.2) is 72.8 Å². The summed E-state index contributed by atoms with van der Waals surface area (Å²) in [5.41, 5.74) is 5.17. The quantitative estimate of drug-likeness (QED) is 0.592. The highest BCUT2D eigenvalue weighted by molar-refractivity contribution is 5.93. The molecule has 7 heteroatoms. The van der Waals surface area contributed by atoms with Gasteiger partial charge in [-0.2, -0.15) is 0 Å². The van der Waals surface area contributed by atoms with Gasteiger partial charge in [-0.05, 0) is 47.9 Å². The number of nitrogens with zero attached hydrogens (tertiary/aromatic N) is 2. The molecule has 2 N–H and O–H groups in total. The highest BCUT2D eigenvalue weighted by atomic mass is 16.5. The number of benzene rings is 3. The molecule has 2 heterocycles.